The van der Waals surface area contributed by atoms with Crippen LogP contribution in [0, 0.1) is 0 Å². The minimum Gasteiger partial charge on any atom is -0.379 e. The van der Waals surface area contributed by atoms with Crippen LogP contribution in [0.25, 0.3) is 0 Å². The Hall–Kier alpha value is -1.20. The molecular formula is C12H18ClN3O2. The number of amides is 1. The predicted octanol–water partition coefficient (Wildman–Crippen LogP) is 2.06. The molecule has 0 aliphatic carbocycles. The van der Waals surface area contributed by atoms with E-state index in [-0.39, 0.29) is 22.9 Å². The molecule has 0 aromatic carbocycles. The quantitative estimate of drug-likeness (QED) is 0.771. The van der Waals surface area contributed by atoms with E-state index in [2.05, 4.69) is 15.3 Å². The second kappa shape index (κ2) is 8.00. The maximum absolute atomic E-state index is 11.6. The number of nitrogens with one attached hydrogen (secondary N) is 1. The van der Waals surface area contributed by atoms with Crippen molar-refractivity contribution in [2.24, 2.45) is 0 Å². The largest absolute Gasteiger partial charge is 0.379 e. The standard InChI is InChI=1S/C12H18ClN3O2/c1-9(2)18-6-4-3-5-15-12(17)10-7-14-8-11(13)16-10/h7-9H,3-6H2,1-2H3,(H,15,17). The topological polar surface area (TPSA) is 64.1 Å². The van der Waals surface area contributed by atoms with Gasteiger partial charge in [-0.15, -0.1) is 0 Å². The lowest BCUT2D eigenvalue weighted by Gasteiger charge is -2.07. The van der Waals surface area contributed by atoms with Gasteiger partial charge in [0.05, 0.1) is 18.5 Å². The summed E-state index contributed by atoms with van der Waals surface area (Å²) in [6, 6.07) is 0. The van der Waals surface area contributed by atoms with Gasteiger partial charge in [-0.1, -0.05) is 11.6 Å². The number of carbonyl (C=O) groups is 1. The molecule has 0 saturated carbocycles. The van der Waals surface area contributed by atoms with Crippen molar-refractivity contribution in [3.63, 3.8) is 0 Å². The van der Waals surface area contributed by atoms with Gasteiger partial charge in [-0.05, 0) is 26.7 Å². The first-order valence-corrected chi connectivity index (χ1v) is 6.34. The maximum Gasteiger partial charge on any atom is 0.271 e. The van der Waals surface area contributed by atoms with Crippen LogP contribution >= 0.6 is 11.6 Å². The average molecular weight is 272 g/mol. The molecule has 1 heterocycles. The highest BCUT2D eigenvalue weighted by Crippen LogP contribution is 2.02. The zero-order valence-electron chi connectivity index (χ0n) is 10.6. The molecule has 0 saturated heterocycles. The van der Waals surface area contributed by atoms with Crippen molar-refractivity contribution in [3.05, 3.63) is 23.2 Å². The molecule has 0 atom stereocenters. The van der Waals surface area contributed by atoms with Gasteiger partial charge >= 0.3 is 0 Å². The molecule has 100 valence electrons. The number of carbonyl (C=O) groups excluding carboxylic acids is 1. The van der Waals surface area contributed by atoms with E-state index in [0.717, 1.165) is 12.8 Å². The number of nitrogens with zero attached hydrogens (tertiary/aromatic N) is 2. The molecule has 5 nitrogen and oxygen atoms in total. The van der Waals surface area contributed by atoms with Gasteiger partial charge in [0.2, 0.25) is 0 Å². The smallest absolute Gasteiger partial charge is 0.271 e. The summed E-state index contributed by atoms with van der Waals surface area (Å²) < 4.78 is 5.40. The number of rotatable bonds is 7. The average Bonchev–Trinajstić information content (AvgIpc) is 2.33. The van der Waals surface area contributed by atoms with Gasteiger partial charge in [0.25, 0.3) is 5.91 Å². The summed E-state index contributed by atoms with van der Waals surface area (Å²) in [4.78, 5) is 19.3. The van der Waals surface area contributed by atoms with Crippen LogP contribution in [-0.4, -0.2) is 35.1 Å². The van der Waals surface area contributed by atoms with E-state index in [1.165, 1.54) is 12.4 Å². The highest BCUT2D eigenvalue weighted by molar-refractivity contribution is 6.29. The lowest BCUT2D eigenvalue weighted by molar-refractivity contribution is 0.0754. The van der Waals surface area contributed by atoms with Gasteiger partial charge in [0, 0.05) is 13.2 Å². The number of hydrogen-bond acceptors (Lipinski definition) is 4. The second-order valence-corrected chi connectivity index (χ2v) is 4.50. The van der Waals surface area contributed by atoms with Crippen LogP contribution in [0.1, 0.15) is 37.2 Å². The first-order chi connectivity index (χ1) is 8.59. The minimum atomic E-state index is -0.255. The van der Waals surface area contributed by atoms with Crippen molar-refractivity contribution in [2.75, 3.05) is 13.2 Å². The molecule has 1 aromatic heterocycles. The Labute approximate surface area is 112 Å². The normalized spacial score (nSPS) is 10.7. The number of aromatic nitrogens is 2. The Morgan fingerprint density at radius 3 is 2.89 bits per heavy atom. The molecule has 0 radical (unpaired) electrons. The van der Waals surface area contributed by atoms with E-state index in [0.29, 0.717) is 13.2 Å². The summed E-state index contributed by atoms with van der Waals surface area (Å²) in [5, 5.41) is 2.97. The summed E-state index contributed by atoms with van der Waals surface area (Å²) in [5.74, 6) is -0.255. The van der Waals surface area contributed by atoms with Crippen LogP contribution < -0.4 is 5.32 Å². The fraction of sp³-hybridized carbons (Fsp3) is 0.583. The van der Waals surface area contributed by atoms with Gasteiger partial charge in [-0.2, -0.15) is 0 Å². The molecule has 0 bridgehead atoms. The predicted molar refractivity (Wildman–Crippen MR) is 69.7 cm³/mol. The SMILES string of the molecule is CC(C)OCCCCNC(=O)c1cncc(Cl)n1. The van der Waals surface area contributed by atoms with Crippen molar-refractivity contribution in [3.8, 4) is 0 Å². The van der Waals surface area contributed by atoms with E-state index < -0.39 is 0 Å². The van der Waals surface area contributed by atoms with Crippen molar-refractivity contribution in [1.82, 2.24) is 15.3 Å². The third-order valence-electron chi connectivity index (χ3n) is 2.15. The molecule has 1 amide bonds. The Morgan fingerprint density at radius 1 is 1.44 bits per heavy atom. The molecule has 1 N–H and O–H groups in total. The van der Waals surface area contributed by atoms with Crippen molar-refractivity contribution >= 4 is 17.5 Å². The number of ether oxygens (including phenoxy) is 1. The Morgan fingerprint density at radius 2 is 2.22 bits per heavy atom. The van der Waals surface area contributed by atoms with Crippen molar-refractivity contribution in [2.45, 2.75) is 32.8 Å². The van der Waals surface area contributed by atoms with Crippen LogP contribution in [0.4, 0.5) is 0 Å². The van der Waals surface area contributed by atoms with Gasteiger partial charge in [-0.25, -0.2) is 4.98 Å². The summed E-state index contributed by atoms with van der Waals surface area (Å²) in [5.41, 5.74) is 0.237. The van der Waals surface area contributed by atoms with E-state index in [9.17, 15) is 4.79 Å². The molecule has 1 rings (SSSR count). The summed E-state index contributed by atoms with van der Waals surface area (Å²) in [6.07, 6.45) is 4.82. The lowest BCUT2D eigenvalue weighted by Crippen LogP contribution is -2.25. The summed E-state index contributed by atoms with van der Waals surface area (Å²) in [7, 11) is 0. The summed E-state index contributed by atoms with van der Waals surface area (Å²) in [6.45, 7) is 5.30. The van der Waals surface area contributed by atoms with Crippen molar-refractivity contribution < 1.29 is 9.53 Å². The van der Waals surface area contributed by atoms with Gasteiger partial charge < -0.3 is 10.1 Å². The van der Waals surface area contributed by atoms with Crippen LogP contribution in [0.3, 0.4) is 0 Å². The Kier molecular flexibility index (Phi) is 6.60. The molecule has 6 heteroatoms. The zero-order chi connectivity index (χ0) is 13.4. The molecule has 0 aliphatic heterocycles. The Balaban J connectivity index is 2.18. The fourth-order valence-corrected chi connectivity index (χ4v) is 1.44. The first-order valence-electron chi connectivity index (χ1n) is 5.97. The third-order valence-corrected chi connectivity index (χ3v) is 2.33. The maximum atomic E-state index is 11.6. The monoisotopic (exact) mass is 271 g/mol. The van der Waals surface area contributed by atoms with Gasteiger partial charge in [0.15, 0.2) is 0 Å². The van der Waals surface area contributed by atoms with Crippen LogP contribution in [0.15, 0.2) is 12.4 Å². The molecule has 0 aliphatic rings. The molecule has 0 spiro atoms. The van der Waals surface area contributed by atoms with E-state index in [1.807, 2.05) is 13.8 Å². The molecule has 1 aromatic rings. The molecular weight excluding hydrogens is 254 g/mol. The van der Waals surface area contributed by atoms with E-state index >= 15 is 0 Å². The number of hydrogen-bond donors (Lipinski definition) is 1. The molecule has 0 unspecified atom stereocenters. The van der Waals surface area contributed by atoms with Crippen LogP contribution in [0.5, 0.6) is 0 Å². The summed E-state index contributed by atoms with van der Waals surface area (Å²) >= 11 is 5.65. The van der Waals surface area contributed by atoms with Gasteiger partial charge in [0.1, 0.15) is 10.8 Å². The van der Waals surface area contributed by atoms with Gasteiger partial charge in [-0.3, -0.25) is 9.78 Å². The Bertz CT molecular complexity index is 385. The first kappa shape index (κ1) is 14.9. The fourth-order valence-electron chi connectivity index (χ4n) is 1.29. The highest BCUT2D eigenvalue weighted by atomic mass is 35.5. The molecule has 18 heavy (non-hydrogen) atoms. The van der Waals surface area contributed by atoms with Crippen LogP contribution in [-0.2, 0) is 4.74 Å². The number of unbranched alkanes of at least 4 members (excludes halogenated alkanes) is 1. The molecule has 0 fully saturated rings. The lowest BCUT2D eigenvalue weighted by atomic mass is 10.3. The third kappa shape index (κ3) is 5.93. The zero-order valence-corrected chi connectivity index (χ0v) is 11.4. The van der Waals surface area contributed by atoms with Crippen molar-refractivity contribution in [1.29, 1.82) is 0 Å². The van der Waals surface area contributed by atoms with E-state index in [1.54, 1.807) is 0 Å². The van der Waals surface area contributed by atoms with E-state index in [4.69, 9.17) is 16.3 Å². The highest BCUT2D eigenvalue weighted by Gasteiger charge is 2.07. The minimum absolute atomic E-state index is 0.216. The number of halogens is 1. The second-order valence-electron chi connectivity index (χ2n) is 4.11. The van der Waals surface area contributed by atoms with Crippen LogP contribution in [0.2, 0.25) is 5.15 Å².